The number of carboxylic acid groups (broad SMARTS) is 1. The van der Waals surface area contributed by atoms with Crippen molar-refractivity contribution in [2.75, 3.05) is 11.5 Å². The summed E-state index contributed by atoms with van der Waals surface area (Å²) >= 11 is 1.79. The molecule has 3 heteroatoms. The van der Waals surface area contributed by atoms with Gasteiger partial charge in [-0.25, -0.2) is 0 Å². The molecule has 25 heavy (non-hydrogen) atoms. The SMILES string of the molecule is CCCCC(CCC)CCCCSCC(C)(C(=O)O)c1ccccc1. The molecule has 0 aliphatic heterocycles. The molecule has 0 heterocycles. The van der Waals surface area contributed by atoms with Gasteiger partial charge in [0.15, 0.2) is 0 Å². The number of carboxylic acids is 1. The molecule has 1 rings (SSSR count). The third kappa shape index (κ3) is 7.85. The number of rotatable bonds is 14. The topological polar surface area (TPSA) is 37.3 Å². The van der Waals surface area contributed by atoms with Gasteiger partial charge in [0.25, 0.3) is 0 Å². The Bertz CT molecular complexity index is 474. The molecule has 0 fully saturated rings. The molecule has 0 aliphatic carbocycles. The van der Waals surface area contributed by atoms with Crippen LogP contribution in [0.5, 0.6) is 0 Å². The minimum absolute atomic E-state index is 0.639. The van der Waals surface area contributed by atoms with E-state index < -0.39 is 11.4 Å². The Morgan fingerprint density at radius 3 is 2.32 bits per heavy atom. The molecule has 1 aromatic rings. The summed E-state index contributed by atoms with van der Waals surface area (Å²) in [6, 6.07) is 9.64. The monoisotopic (exact) mass is 364 g/mol. The van der Waals surface area contributed by atoms with Gasteiger partial charge in [-0.3, -0.25) is 4.79 Å². The highest BCUT2D eigenvalue weighted by Crippen LogP contribution is 2.29. The van der Waals surface area contributed by atoms with E-state index in [4.69, 9.17) is 0 Å². The number of hydrogen-bond donors (Lipinski definition) is 1. The first-order valence-electron chi connectivity index (χ1n) is 9.91. The highest BCUT2D eigenvalue weighted by atomic mass is 32.2. The van der Waals surface area contributed by atoms with Gasteiger partial charge in [0.1, 0.15) is 0 Å². The van der Waals surface area contributed by atoms with Crippen LogP contribution in [-0.4, -0.2) is 22.6 Å². The Labute approximate surface area is 158 Å². The number of aliphatic carboxylic acids is 1. The van der Waals surface area contributed by atoms with Crippen LogP contribution in [0.3, 0.4) is 0 Å². The Morgan fingerprint density at radius 2 is 1.72 bits per heavy atom. The first-order chi connectivity index (χ1) is 12.0. The molecule has 0 saturated carbocycles. The maximum atomic E-state index is 11.8. The van der Waals surface area contributed by atoms with Gasteiger partial charge in [-0.15, -0.1) is 0 Å². The lowest BCUT2D eigenvalue weighted by Crippen LogP contribution is -2.35. The van der Waals surface area contributed by atoms with Crippen LogP contribution in [-0.2, 0) is 10.2 Å². The first kappa shape index (κ1) is 22.1. The number of thioether (sulfide) groups is 1. The molecule has 0 aliphatic rings. The van der Waals surface area contributed by atoms with Crippen molar-refractivity contribution < 1.29 is 9.90 Å². The van der Waals surface area contributed by atoms with E-state index in [9.17, 15) is 9.90 Å². The summed E-state index contributed by atoms with van der Waals surface area (Å²) < 4.78 is 0. The molecule has 0 amide bonds. The largest absolute Gasteiger partial charge is 0.481 e. The molecule has 142 valence electrons. The summed E-state index contributed by atoms with van der Waals surface area (Å²) in [6.45, 7) is 6.40. The molecule has 0 bridgehead atoms. The second-order valence-electron chi connectivity index (χ2n) is 7.35. The van der Waals surface area contributed by atoms with E-state index in [1.807, 2.05) is 37.3 Å². The zero-order valence-corrected chi connectivity index (χ0v) is 17.1. The Morgan fingerprint density at radius 1 is 1.04 bits per heavy atom. The van der Waals surface area contributed by atoms with E-state index in [-0.39, 0.29) is 0 Å². The van der Waals surface area contributed by atoms with Crippen molar-refractivity contribution in [3.63, 3.8) is 0 Å². The van der Waals surface area contributed by atoms with Crippen molar-refractivity contribution in [2.24, 2.45) is 5.92 Å². The van der Waals surface area contributed by atoms with Gasteiger partial charge in [-0.2, -0.15) is 11.8 Å². The fourth-order valence-electron chi connectivity index (χ4n) is 3.32. The highest BCUT2D eigenvalue weighted by molar-refractivity contribution is 7.99. The van der Waals surface area contributed by atoms with Crippen LogP contribution in [0.25, 0.3) is 0 Å². The number of carbonyl (C=O) groups is 1. The zero-order chi connectivity index (χ0) is 18.5. The second kappa shape index (κ2) is 12.4. The molecular formula is C22H36O2S. The van der Waals surface area contributed by atoms with Crippen LogP contribution in [0.15, 0.2) is 30.3 Å². The minimum atomic E-state index is -0.794. The smallest absolute Gasteiger partial charge is 0.314 e. The standard InChI is InChI=1S/C22H36O2S/c1-4-6-13-19(12-5-2)14-10-11-17-25-18-22(3,21(23)24)20-15-8-7-9-16-20/h7-9,15-16,19H,4-6,10-14,17-18H2,1-3H3,(H,23,24). The Balaban J connectivity index is 2.34. The predicted octanol–water partition coefficient (Wildman–Crippen LogP) is 6.54. The lowest BCUT2D eigenvalue weighted by molar-refractivity contribution is -0.142. The maximum absolute atomic E-state index is 11.8. The fourth-order valence-corrected chi connectivity index (χ4v) is 4.57. The number of benzene rings is 1. The zero-order valence-electron chi connectivity index (χ0n) is 16.3. The van der Waals surface area contributed by atoms with Crippen LogP contribution in [0.4, 0.5) is 0 Å². The Hall–Kier alpha value is -0.960. The van der Waals surface area contributed by atoms with Crippen LogP contribution < -0.4 is 0 Å². The lowest BCUT2D eigenvalue weighted by Gasteiger charge is -2.25. The van der Waals surface area contributed by atoms with Gasteiger partial charge in [-0.1, -0.05) is 89.1 Å². The molecule has 2 nitrogen and oxygen atoms in total. The summed E-state index contributed by atoms with van der Waals surface area (Å²) in [5.74, 6) is 1.86. The second-order valence-corrected chi connectivity index (χ2v) is 8.45. The molecule has 1 aromatic carbocycles. The van der Waals surface area contributed by atoms with Gasteiger partial charge in [0.05, 0.1) is 5.41 Å². The van der Waals surface area contributed by atoms with E-state index in [1.54, 1.807) is 11.8 Å². The van der Waals surface area contributed by atoms with Crippen LogP contribution in [0.1, 0.15) is 77.7 Å². The molecule has 0 radical (unpaired) electrons. The van der Waals surface area contributed by atoms with Gasteiger partial charge in [0.2, 0.25) is 0 Å². The fraction of sp³-hybridized carbons (Fsp3) is 0.682. The summed E-state index contributed by atoms with van der Waals surface area (Å²) in [6.07, 6.45) is 10.5. The quantitative estimate of drug-likeness (QED) is 0.381. The van der Waals surface area contributed by atoms with E-state index in [0.717, 1.165) is 17.2 Å². The molecule has 2 unspecified atom stereocenters. The van der Waals surface area contributed by atoms with Crippen molar-refractivity contribution in [3.05, 3.63) is 35.9 Å². The average molecular weight is 365 g/mol. The molecule has 1 N–H and O–H groups in total. The van der Waals surface area contributed by atoms with Crippen molar-refractivity contribution in [1.82, 2.24) is 0 Å². The summed E-state index contributed by atoms with van der Waals surface area (Å²) in [5.41, 5.74) is 0.107. The maximum Gasteiger partial charge on any atom is 0.314 e. The molecule has 2 atom stereocenters. The molecular weight excluding hydrogens is 328 g/mol. The van der Waals surface area contributed by atoms with Gasteiger partial charge in [0, 0.05) is 5.75 Å². The third-order valence-electron chi connectivity index (χ3n) is 5.09. The van der Waals surface area contributed by atoms with E-state index >= 15 is 0 Å². The number of hydrogen-bond acceptors (Lipinski definition) is 2. The molecule has 0 saturated heterocycles. The first-order valence-corrected chi connectivity index (χ1v) is 11.1. The van der Waals surface area contributed by atoms with Gasteiger partial charge < -0.3 is 5.11 Å². The minimum Gasteiger partial charge on any atom is -0.481 e. The van der Waals surface area contributed by atoms with E-state index in [1.165, 1.54) is 51.4 Å². The normalized spacial score (nSPS) is 14.8. The van der Waals surface area contributed by atoms with Crippen LogP contribution in [0.2, 0.25) is 0 Å². The summed E-state index contributed by atoms with van der Waals surface area (Å²) in [7, 11) is 0. The summed E-state index contributed by atoms with van der Waals surface area (Å²) in [5, 5.41) is 9.69. The highest BCUT2D eigenvalue weighted by Gasteiger charge is 2.34. The molecule has 0 spiro atoms. The van der Waals surface area contributed by atoms with Crippen molar-refractivity contribution >= 4 is 17.7 Å². The van der Waals surface area contributed by atoms with Gasteiger partial charge in [-0.05, 0) is 30.6 Å². The van der Waals surface area contributed by atoms with Crippen molar-refractivity contribution in [2.45, 2.75) is 77.6 Å². The van der Waals surface area contributed by atoms with Crippen molar-refractivity contribution in [1.29, 1.82) is 0 Å². The third-order valence-corrected chi connectivity index (χ3v) is 6.45. The number of unbranched alkanes of at least 4 members (excludes halogenated alkanes) is 2. The summed E-state index contributed by atoms with van der Waals surface area (Å²) in [4.78, 5) is 11.8. The van der Waals surface area contributed by atoms with Crippen molar-refractivity contribution in [3.8, 4) is 0 Å². The molecule has 0 aromatic heterocycles. The van der Waals surface area contributed by atoms with E-state index in [2.05, 4.69) is 13.8 Å². The van der Waals surface area contributed by atoms with Crippen LogP contribution in [0, 0.1) is 5.92 Å². The van der Waals surface area contributed by atoms with Crippen LogP contribution >= 0.6 is 11.8 Å². The lowest BCUT2D eigenvalue weighted by atomic mass is 9.85. The van der Waals surface area contributed by atoms with E-state index in [0.29, 0.717) is 5.75 Å². The van der Waals surface area contributed by atoms with Gasteiger partial charge >= 0.3 is 5.97 Å². The predicted molar refractivity (Wildman–Crippen MR) is 111 cm³/mol. The average Bonchev–Trinajstić information content (AvgIpc) is 2.62. The Kier molecular flexibility index (Phi) is 11.0.